The van der Waals surface area contributed by atoms with Crippen LogP contribution < -0.4 is 5.43 Å². The highest BCUT2D eigenvalue weighted by molar-refractivity contribution is 6.30. The van der Waals surface area contributed by atoms with Gasteiger partial charge in [0.1, 0.15) is 0 Å². The van der Waals surface area contributed by atoms with Gasteiger partial charge in [0.25, 0.3) is 5.91 Å². The van der Waals surface area contributed by atoms with E-state index in [-0.39, 0.29) is 5.91 Å². The fraction of sp³-hybridized carbons (Fsp3) is 0.0667. The van der Waals surface area contributed by atoms with Crippen molar-refractivity contribution in [2.45, 2.75) is 6.92 Å². The molecule has 96 valence electrons. The van der Waals surface area contributed by atoms with Gasteiger partial charge in [-0.1, -0.05) is 41.4 Å². The third-order valence-corrected chi connectivity index (χ3v) is 2.78. The Labute approximate surface area is 116 Å². The van der Waals surface area contributed by atoms with Gasteiger partial charge in [-0.15, -0.1) is 0 Å². The molecule has 0 unspecified atom stereocenters. The largest absolute Gasteiger partial charge is 0.271 e. The van der Waals surface area contributed by atoms with Gasteiger partial charge in [-0.05, 0) is 36.8 Å². The number of nitrogens with zero attached hydrogens (tertiary/aromatic N) is 1. The first-order valence-electron chi connectivity index (χ1n) is 5.81. The van der Waals surface area contributed by atoms with Gasteiger partial charge >= 0.3 is 0 Å². The molecule has 0 spiro atoms. The van der Waals surface area contributed by atoms with Gasteiger partial charge in [0.15, 0.2) is 0 Å². The van der Waals surface area contributed by atoms with Crippen molar-refractivity contribution in [3.8, 4) is 0 Å². The monoisotopic (exact) mass is 272 g/mol. The zero-order valence-electron chi connectivity index (χ0n) is 10.4. The van der Waals surface area contributed by atoms with E-state index < -0.39 is 0 Å². The average Bonchev–Trinajstić information content (AvgIpc) is 2.39. The van der Waals surface area contributed by atoms with E-state index in [0.717, 1.165) is 11.1 Å². The van der Waals surface area contributed by atoms with Crippen LogP contribution in [0.5, 0.6) is 0 Å². The summed E-state index contributed by atoms with van der Waals surface area (Å²) in [5.74, 6) is -0.238. The minimum absolute atomic E-state index is 0.238. The molecule has 2 aromatic carbocycles. The summed E-state index contributed by atoms with van der Waals surface area (Å²) in [6.07, 6.45) is 1.55. The highest BCUT2D eigenvalue weighted by Crippen LogP contribution is 2.08. The minimum atomic E-state index is -0.238. The van der Waals surface area contributed by atoms with Crippen LogP contribution in [0.1, 0.15) is 21.5 Å². The molecule has 0 aliphatic rings. The van der Waals surface area contributed by atoms with Gasteiger partial charge < -0.3 is 0 Å². The molecule has 0 saturated carbocycles. The van der Waals surface area contributed by atoms with Gasteiger partial charge in [0.05, 0.1) is 6.21 Å². The molecule has 1 N–H and O–H groups in total. The fourth-order valence-electron chi connectivity index (χ4n) is 1.52. The van der Waals surface area contributed by atoms with Crippen LogP contribution >= 0.6 is 11.6 Å². The standard InChI is InChI=1S/C15H13ClN2O/c1-11-5-7-13(8-6-11)15(19)18-17-10-12-3-2-4-14(16)9-12/h2-10H,1H3,(H,18,19)/b17-10-. The van der Waals surface area contributed by atoms with E-state index in [0.29, 0.717) is 10.6 Å². The number of benzene rings is 2. The number of rotatable bonds is 3. The molecule has 4 heteroatoms. The molecule has 0 aromatic heterocycles. The smallest absolute Gasteiger partial charge is 0.267 e. The van der Waals surface area contributed by atoms with E-state index in [1.807, 2.05) is 31.2 Å². The summed E-state index contributed by atoms with van der Waals surface area (Å²) in [4.78, 5) is 11.8. The second-order valence-electron chi connectivity index (χ2n) is 4.12. The number of hydrogen-bond acceptors (Lipinski definition) is 2. The lowest BCUT2D eigenvalue weighted by Crippen LogP contribution is -2.17. The van der Waals surface area contributed by atoms with E-state index in [9.17, 15) is 4.79 Å². The quantitative estimate of drug-likeness (QED) is 0.675. The SMILES string of the molecule is Cc1ccc(C(=O)N/N=C\c2cccc(Cl)c2)cc1. The summed E-state index contributed by atoms with van der Waals surface area (Å²) in [6, 6.07) is 14.5. The molecule has 1 amide bonds. The Morgan fingerprint density at radius 3 is 2.63 bits per heavy atom. The number of nitrogens with one attached hydrogen (secondary N) is 1. The Morgan fingerprint density at radius 1 is 1.21 bits per heavy atom. The predicted octanol–water partition coefficient (Wildman–Crippen LogP) is 3.41. The summed E-state index contributed by atoms with van der Waals surface area (Å²) in [7, 11) is 0. The molecule has 3 nitrogen and oxygen atoms in total. The Hall–Kier alpha value is -2.13. The maximum absolute atomic E-state index is 11.8. The van der Waals surface area contributed by atoms with Crippen molar-refractivity contribution >= 4 is 23.7 Å². The molecular formula is C15H13ClN2O. The molecule has 2 rings (SSSR count). The minimum Gasteiger partial charge on any atom is -0.267 e. The van der Waals surface area contributed by atoms with E-state index in [4.69, 9.17) is 11.6 Å². The Morgan fingerprint density at radius 2 is 1.95 bits per heavy atom. The molecule has 0 heterocycles. The van der Waals surface area contributed by atoms with E-state index in [1.54, 1.807) is 30.5 Å². The molecule has 0 saturated heterocycles. The molecule has 0 fully saturated rings. The number of hydrogen-bond donors (Lipinski definition) is 1. The number of carbonyl (C=O) groups is 1. The van der Waals surface area contributed by atoms with E-state index in [2.05, 4.69) is 10.5 Å². The first-order chi connectivity index (χ1) is 9.15. The number of hydrazone groups is 1. The summed E-state index contributed by atoms with van der Waals surface area (Å²) in [5, 5.41) is 4.53. The fourth-order valence-corrected chi connectivity index (χ4v) is 1.72. The van der Waals surface area contributed by atoms with Crippen LogP contribution in [0.25, 0.3) is 0 Å². The molecule has 2 aromatic rings. The van der Waals surface area contributed by atoms with Crippen LogP contribution in [-0.2, 0) is 0 Å². The van der Waals surface area contributed by atoms with Gasteiger partial charge in [0, 0.05) is 10.6 Å². The number of halogens is 1. The molecule has 0 radical (unpaired) electrons. The Bertz CT molecular complexity index is 606. The molecule has 0 bridgehead atoms. The molecule has 0 aliphatic heterocycles. The summed E-state index contributed by atoms with van der Waals surface area (Å²) in [5.41, 5.74) is 4.99. The van der Waals surface area contributed by atoms with Crippen molar-refractivity contribution in [2.75, 3.05) is 0 Å². The maximum atomic E-state index is 11.8. The third-order valence-electron chi connectivity index (χ3n) is 2.54. The summed E-state index contributed by atoms with van der Waals surface area (Å²) < 4.78 is 0. The van der Waals surface area contributed by atoms with Crippen molar-refractivity contribution < 1.29 is 4.79 Å². The van der Waals surface area contributed by atoms with Crippen molar-refractivity contribution in [2.24, 2.45) is 5.10 Å². The van der Waals surface area contributed by atoms with Crippen molar-refractivity contribution in [1.29, 1.82) is 0 Å². The highest BCUT2D eigenvalue weighted by Gasteiger charge is 2.02. The number of amides is 1. The second-order valence-corrected chi connectivity index (χ2v) is 4.56. The highest BCUT2D eigenvalue weighted by atomic mass is 35.5. The molecule has 0 aliphatic carbocycles. The molecule has 0 atom stereocenters. The van der Waals surface area contributed by atoms with Crippen LogP contribution in [0.4, 0.5) is 0 Å². The average molecular weight is 273 g/mol. The zero-order chi connectivity index (χ0) is 13.7. The maximum Gasteiger partial charge on any atom is 0.271 e. The van der Waals surface area contributed by atoms with Crippen LogP contribution in [0.3, 0.4) is 0 Å². The molecular weight excluding hydrogens is 260 g/mol. The van der Waals surface area contributed by atoms with Crippen molar-refractivity contribution in [1.82, 2.24) is 5.43 Å². The number of aryl methyl sites for hydroxylation is 1. The third kappa shape index (κ3) is 3.93. The lowest BCUT2D eigenvalue weighted by molar-refractivity contribution is 0.0955. The zero-order valence-corrected chi connectivity index (χ0v) is 11.2. The Kier molecular flexibility index (Phi) is 4.31. The summed E-state index contributed by atoms with van der Waals surface area (Å²) >= 11 is 5.85. The molecule has 19 heavy (non-hydrogen) atoms. The van der Waals surface area contributed by atoms with Gasteiger partial charge in [-0.3, -0.25) is 4.79 Å². The van der Waals surface area contributed by atoms with E-state index >= 15 is 0 Å². The van der Waals surface area contributed by atoms with Gasteiger partial charge in [-0.25, -0.2) is 5.43 Å². The lowest BCUT2D eigenvalue weighted by atomic mass is 10.1. The van der Waals surface area contributed by atoms with Crippen LogP contribution in [0.2, 0.25) is 5.02 Å². The van der Waals surface area contributed by atoms with Crippen LogP contribution in [0, 0.1) is 6.92 Å². The van der Waals surface area contributed by atoms with Gasteiger partial charge in [-0.2, -0.15) is 5.10 Å². The number of carbonyl (C=O) groups excluding carboxylic acids is 1. The van der Waals surface area contributed by atoms with Crippen LogP contribution in [0.15, 0.2) is 53.6 Å². The first-order valence-corrected chi connectivity index (χ1v) is 6.18. The first kappa shape index (κ1) is 13.3. The topological polar surface area (TPSA) is 41.5 Å². The van der Waals surface area contributed by atoms with Crippen molar-refractivity contribution in [3.63, 3.8) is 0 Å². The Balaban J connectivity index is 1.98. The van der Waals surface area contributed by atoms with Gasteiger partial charge in [0.2, 0.25) is 0 Å². The van der Waals surface area contributed by atoms with E-state index in [1.165, 1.54) is 0 Å². The lowest BCUT2D eigenvalue weighted by Gasteiger charge is -2.00. The predicted molar refractivity (Wildman–Crippen MR) is 77.7 cm³/mol. The van der Waals surface area contributed by atoms with Crippen molar-refractivity contribution in [3.05, 3.63) is 70.2 Å². The summed E-state index contributed by atoms with van der Waals surface area (Å²) in [6.45, 7) is 1.97. The second kappa shape index (κ2) is 6.16. The normalized spacial score (nSPS) is 10.6. The van der Waals surface area contributed by atoms with Crippen LogP contribution in [-0.4, -0.2) is 12.1 Å².